The van der Waals surface area contributed by atoms with E-state index in [2.05, 4.69) is 10.4 Å². The molecule has 94 valence electrons. The molecule has 17 heavy (non-hydrogen) atoms. The van der Waals surface area contributed by atoms with Crippen molar-refractivity contribution >= 4 is 5.91 Å². The van der Waals surface area contributed by atoms with Crippen LogP contribution in [0.1, 0.15) is 23.3 Å². The van der Waals surface area contributed by atoms with Crippen LogP contribution in [0.4, 0.5) is 0 Å². The first-order chi connectivity index (χ1) is 8.10. The number of rotatable bonds is 5. The summed E-state index contributed by atoms with van der Waals surface area (Å²) >= 11 is 0. The van der Waals surface area contributed by atoms with E-state index in [0.29, 0.717) is 24.7 Å². The van der Waals surface area contributed by atoms with Gasteiger partial charge in [-0.2, -0.15) is 5.10 Å². The van der Waals surface area contributed by atoms with Gasteiger partial charge in [-0.25, -0.2) is 4.68 Å². The number of hydrogen-bond acceptors (Lipinski definition) is 4. The highest BCUT2D eigenvalue weighted by Gasteiger charge is 2.41. The van der Waals surface area contributed by atoms with Gasteiger partial charge in [0.1, 0.15) is 0 Å². The lowest BCUT2D eigenvalue weighted by Crippen LogP contribution is -2.34. The van der Waals surface area contributed by atoms with Crippen molar-refractivity contribution in [1.82, 2.24) is 15.1 Å². The van der Waals surface area contributed by atoms with Crippen molar-refractivity contribution in [3.05, 3.63) is 11.8 Å². The van der Waals surface area contributed by atoms with Crippen LogP contribution in [0.2, 0.25) is 0 Å². The van der Waals surface area contributed by atoms with E-state index in [-0.39, 0.29) is 11.3 Å². The molecular weight excluding hydrogens is 220 g/mol. The summed E-state index contributed by atoms with van der Waals surface area (Å²) in [5, 5.41) is 6.94. The minimum Gasteiger partial charge on any atom is -0.481 e. The molecule has 1 aliphatic rings. The standard InChI is InChI=1S/C11H18N4O2/c1-15-9(17-2)5-8(14-15)10(16)13-7-11(6-12)3-4-11/h5H,3-4,6-7,12H2,1-2H3,(H,13,16). The molecule has 0 spiro atoms. The lowest BCUT2D eigenvalue weighted by molar-refractivity contribution is 0.0939. The maximum absolute atomic E-state index is 11.8. The molecule has 2 rings (SSSR count). The second kappa shape index (κ2) is 4.37. The SMILES string of the molecule is COc1cc(C(=O)NCC2(CN)CC2)nn1C. The fourth-order valence-electron chi connectivity index (χ4n) is 1.74. The quantitative estimate of drug-likeness (QED) is 0.750. The molecule has 1 amide bonds. The molecule has 1 heterocycles. The summed E-state index contributed by atoms with van der Waals surface area (Å²) in [6.45, 7) is 1.25. The van der Waals surface area contributed by atoms with Gasteiger partial charge in [-0.05, 0) is 19.4 Å². The van der Waals surface area contributed by atoms with Crippen LogP contribution in [0.5, 0.6) is 5.88 Å². The third kappa shape index (κ3) is 2.41. The summed E-state index contributed by atoms with van der Waals surface area (Å²) in [7, 11) is 3.28. The molecule has 0 saturated heterocycles. The number of amides is 1. The van der Waals surface area contributed by atoms with E-state index in [1.54, 1.807) is 20.2 Å². The number of nitrogens with zero attached hydrogens (tertiary/aromatic N) is 2. The number of carbonyl (C=O) groups excluding carboxylic acids is 1. The number of nitrogens with two attached hydrogens (primary N) is 1. The summed E-state index contributed by atoms with van der Waals surface area (Å²) in [6, 6.07) is 1.62. The Morgan fingerprint density at radius 1 is 1.71 bits per heavy atom. The topological polar surface area (TPSA) is 82.2 Å². The van der Waals surface area contributed by atoms with Gasteiger partial charge in [0.25, 0.3) is 5.91 Å². The first-order valence-electron chi connectivity index (χ1n) is 5.66. The van der Waals surface area contributed by atoms with Gasteiger partial charge < -0.3 is 15.8 Å². The molecule has 0 bridgehead atoms. The third-order valence-corrected chi connectivity index (χ3v) is 3.29. The van der Waals surface area contributed by atoms with Gasteiger partial charge in [-0.3, -0.25) is 4.79 Å². The molecule has 1 fully saturated rings. The summed E-state index contributed by atoms with van der Waals surface area (Å²) in [5.41, 5.74) is 6.16. The number of carbonyl (C=O) groups is 1. The molecular formula is C11H18N4O2. The van der Waals surface area contributed by atoms with Gasteiger partial charge >= 0.3 is 0 Å². The van der Waals surface area contributed by atoms with Crippen molar-refractivity contribution in [2.45, 2.75) is 12.8 Å². The van der Waals surface area contributed by atoms with Crippen LogP contribution in [0.3, 0.4) is 0 Å². The molecule has 0 unspecified atom stereocenters. The number of nitrogens with one attached hydrogen (secondary N) is 1. The third-order valence-electron chi connectivity index (χ3n) is 3.29. The zero-order valence-electron chi connectivity index (χ0n) is 10.2. The molecule has 1 aromatic rings. The highest BCUT2D eigenvalue weighted by molar-refractivity contribution is 5.92. The van der Waals surface area contributed by atoms with Gasteiger partial charge in [0, 0.05) is 25.1 Å². The molecule has 1 aromatic heterocycles. The first-order valence-corrected chi connectivity index (χ1v) is 5.66. The minimum atomic E-state index is -0.177. The van der Waals surface area contributed by atoms with Crippen LogP contribution in [-0.4, -0.2) is 35.9 Å². The number of aryl methyl sites for hydroxylation is 1. The lowest BCUT2D eigenvalue weighted by Gasteiger charge is -2.12. The maximum atomic E-state index is 11.8. The Balaban J connectivity index is 1.95. The van der Waals surface area contributed by atoms with Gasteiger partial charge in [-0.1, -0.05) is 0 Å². The molecule has 0 aromatic carbocycles. The number of hydrogen-bond donors (Lipinski definition) is 2. The van der Waals surface area contributed by atoms with Crippen LogP contribution in [0, 0.1) is 5.41 Å². The van der Waals surface area contributed by atoms with Crippen LogP contribution in [0.25, 0.3) is 0 Å². The number of ether oxygens (including phenoxy) is 1. The molecule has 1 aliphatic carbocycles. The summed E-state index contributed by atoms with van der Waals surface area (Å²) in [5.74, 6) is 0.388. The Bertz CT molecular complexity index is 423. The lowest BCUT2D eigenvalue weighted by atomic mass is 10.1. The molecule has 6 heteroatoms. The fraction of sp³-hybridized carbons (Fsp3) is 0.636. The molecule has 3 N–H and O–H groups in total. The van der Waals surface area contributed by atoms with Gasteiger partial charge in [0.2, 0.25) is 5.88 Å². The van der Waals surface area contributed by atoms with Gasteiger partial charge in [-0.15, -0.1) is 0 Å². The number of methoxy groups -OCH3 is 1. The molecule has 0 radical (unpaired) electrons. The largest absolute Gasteiger partial charge is 0.481 e. The summed E-state index contributed by atoms with van der Waals surface area (Å²) in [4.78, 5) is 11.8. The predicted octanol–water partition coefficient (Wildman–Crippen LogP) is -0.103. The van der Waals surface area contributed by atoms with Crippen LogP contribution in [-0.2, 0) is 7.05 Å². The predicted molar refractivity (Wildman–Crippen MR) is 62.8 cm³/mol. The van der Waals surface area contributed by atoms with E-state index in [1.165, 1.54) is 4.68 Å². The highest BCUT2D eigenvalue weighted by Crippen LogP contribution is 2.43. The average Bonchev–Trinajstić information content (AvgIpc) is 3.03. The van der Waals surface area contributed by atoms with Gasteiger partial charge in [0.15, 0.2) is 5.69 Å². The van der Waals surface area contributed by atoms with Crippen molar-refractivity contribution in [1.29, 1.82) is 0 Å². The van der Waals surface area contributed by atoms with Crippen LogP contribution >= 0.6 is 0 Å². The van der Waals surface area contributed by atoms with E-state index >= 15 is 0 Å². The Kier molecular flexibility index (Phi) is 3.06. The minimum absolute atomic E-state index is 0.133. The van der Waals surface area contributed by atoms with E-state index in [0.717, 1.165) is 12.8 Å². The van der Waals surface area contributed by atoms with E-state index in [4.69, 9.17) is 10.5 Å². The van der Waals surface area contributed by atoms with Crippen LogP contribution in [0.15, 0.2) is 6.07 Å². The Labute approximate surface area is 100 Å². The van der Waals surface area contributed by atoms with Crippen LogP contribution < -0.4 is 15.8 Å². The van der Waals surface area contributed by atoms with Crippen molar-refractivity contribution in [2.24, 2.45) is 18.2 Å². The van der Waals surface area contributed by atoms with Gasteiger partial charge in [0.05, 0.1) is 7.11 Å². The second-order valence-electron chi connectivity index (χ2n) is 4.58. The molecule has 1 saturated carbocycles. The Morgan fingerprint density at radius 3 is 2.88 bits per heavy atom. The molecule has 0 aliphatic heterocycles. The molecule has 6 nitrogen and oxygen atoms in total. The summed E-state index contributed by atoms with van der Waals surface area (Å²) < 4.78 is 6.59. The number of aromatic nitrogens is 2. The first kappa shape index (κ1) is 11.9. The highest BCUT2D eigenvalue weighted by atomic mass is 16.5. The van der Waals surface area contributed by atoms with E-state index in [1.807, 2.05) is 0 Å². The van der Waals surface area contributed by atoms with Crippen molar-refractivity contribution in [3.8, 4) is 5.88 Å². The normalized spacial score (nSPS) is 16.6. The van der Waals surface area contributed by atoms with E-state index in [9.17, 15) is 4.79 Å². The smallest absolute Gasteiger partial charge is 0.271 e. The summed E-state index contributed by atoms with van der Waals surface area (Å²) in [6.07, 6.45) is 2.19. The van der Waals surface area contributed by atoms with Crippen molar-refractivity contribution in [3.63, 3.8) is 0 Å². The zero-order chi connectivity index (χ0) is 12.5. The van der Waals surface area contributed by atoms with Crippen molar-refractivity contribution < 1.29 is 9.53 Å². The molecule has 0 atom stereocenters. The monoisotopic (exact) mass is 238 g/mol. The van der Waals surface area contributed by atoms with Crippen molar-refractivity contribution in [2.75, 3.05) is 20.2 Å². The Morgan fingerprint density at radius 2 is 2.41 bits per heavy atom. The second-order valence-corrected chi connectivity index (χ2v) is 4.58. The Hall–Kier alpha value is -1.56. The zero-order valence-corrected chi connectivity index (χ0v) is 10.2. The average molecular weight is 238 g/mol. The van der Waals surface area contributed by atoms with E-state index < -0.39 is 0 Å². The fourth-order valence-corrected chi connectivity index (χ4v) is 1.74. The maximum Gasteiger partial charge on any atom is 0.271 e.